The summed E-state index contributed by atoms with van der Waals surface area (Å²) < 4.78 is 1.05. The van der Waals surface area contributed by atoms with Crippen molar-refractivity contribution in [1.29, 1.82) is 0 Å². The molecule has 1 saturated heterocycles. The second-order valence-electron chi connectivity index (χ2n) is 5.00. The van der Waals surface area contributed by atoms with Gasteiger partial charge in [-0.25, -0.2) is 4.98 Å². The second-order valence-corrected chi connectivity index (χ2v) is 7.11. The molecular formula is C15H16BrN3OS. The molecule has 4 nitrogen and oxygen atoms in total. The highest BCUT2D eigenvalue weighted by Gasteiger charge is 2.22. The maximum atomic E-state index is 12.0. The van der Waals surface area contributed by atoms with Crippen molar-refractivity contribution in [2.75, 3.05) is 6.54 Å². The van der Waals surface area contributed by atoms with Gasteiger partial charge in [-0.2, -0.15) is 0 Å². The Hall–Kier alpha value is -1.27. The molecule has 0 spiro atoms. The molecular weight excluding hydrogens is 350 g/mol. The average molecular weight is 366 g/mol. The Balaban J connectivity index is 1.72. The van der Waals surface area contributed by atoms with E-state index in [1.165, 1.54) is 11.8 Å². The maximum absolute atomic E-state index is 12.0. The van der Waals surface area contributed by atoms with Crippen molar-refractivity contribution in [1.82, 2.24) is 15.3 Å². The highest BCUT2D eigenvalue weighted by molar-refractivity contribution is 9.10. The van der Waals surface area contributed by atoms with E-state index in [9.17, 15) is 4.79 Å². The minimum absolute atomic E-state index is 0.0450. The zero-order valence-corrected chi connectivity index (χ0v) is 13.8. The van der Waals surface area contributed by atoms with Crippen LogP contribution in [0.2, 0.25) is 0 Å². The van der Waals surface area contributed by atoms with Gasteiger partial charge in [-0.3, -0.25) is 4.79 Å². The number of aromatic amines is 1. The van der Waals surface area contributed by atoms with E-state index in [0.717, 1.165) is 46.7 Å². The van der Waals surface area contributed by atoms with Gasteiger partial charge in [0.2, 0.25) is 5.91 Å². The van der Waals surface area contributed by atoms with Gasteiger partial charge in [0.25, 0.3) is 0 Å². The lowest BCUT2D eigenvalue weighted by atomic mass is 10.2. The lowest BCUT2D eigenvalue weighted by Gasteiger charge is -2.10. The highest BCUT2D eigenvalue weighted by atomic mass is 79.9. The van der Waals surface area contributed by atoms with Gasteiger partial charge in [-0.15, -0.1) is 0 Å². The lowest BCUT2D eigenvalue weighted by molar-refractivity contribution is -0.120. The number of nitrogens with one attached hydrogen (secondary N) is 2. The van der Waals surface area contributed by atoms with E-state index < -0.39 is 0 Å². The summed E-state index contributed by atoms with van der Waals surface area (Å²) in [6, 6.07) is 8.07. The summed E-state index contributed by atoms with van der Waals surface area (Å²) in [6.07, 6.45) is 4.87. The Labute approximate surface area is 136 Å². The van der Waals surface area contributed by atoms with E-state index in [1.54, 1.807) is 0 Å². The standard InChI is InChI=1S/C15H16BrN3OS/c16-11-6-4-10(5-7-11)12-9-18-15(19-12)21-13-3-1-2-8-17-14(13)20/h4-7,9,13H,1-3,8H2,(H,17,20)(H,18,19). The van der Waals surface area contributed by atoms with Crippen molar-refractivity contribution >= 4 is 33.6 Å². The monoisotopic (exact) mass is 365 g/mol. The summed E-state index contributed by atoms with van der Waals surface area (Å²) in [6.45, 7) is 0.790. The first-order chi connectivity index (χ1) is 10.2. The number of H-pyrrole nitrogens is 1. The number of thioether (sulfide) groups is 1. The van der Waals surface area contributed by atoms with Gasteiger partial charge in [-0.05, 0) is 30.5 Å². The van der Waals surface area contributed by atoms with Crippen LogP contribution in [0.25, 0.3) is 11.3 Å². The fourth-order valence-electron chi connectivity index (χ4n) is 2.30. The largest absolute Gasteiger partial charge is 0.355 e. The van der Waals surface area contributed by atoms with Gasteiger partial charge in [0.15, 0.2) is 5.16 Å². The topological polar surface area (TPSA) is 57.8 Å². The van der Waals surface area contributed by atoms with E-state index in [2.05, 4.69) is 31.2 Å². The molecule has 1 fully saturated rings. The lowest BCUT2D eigenvalue weighted by Crippen LogP contribution is -2.30. The van der Waals surface area contributed by atoms with Gasteiger partial charge in [-0.1, -0.05) is 46.2 Å². The number of nitrogens with zero attached hydrogens (tertiary/aromatic N) is 1. The molecule has 1 aliphatic rings. The maximum Gasteiger partial charge on any atom is 0.233 e. The minimum Gasteiger partial charge on any atom is -0.355 e. The number of imidazole rings is 1. The molecule has 0 radical (unpaired) electrons. The van der Waals surface area contributed by atoms with Crippen molar-refractivity contribution in [2.24, 2.45) is 0 Å². The third-order valence-corrected chi connectivity index (χ3v) is 5.14. The van der Waals surface area contributed by atoms with Crippen LogP contribution in [0.3, 0.4) is 0 Å². The van der Waals surface area contributed by atoms with Gasteiger partial charge in [0.1, 0.15) is 0 Å². The van der Waals surface area contributed by atoms with E-state index >= 15 is 0 Å². The first-order valence-electron chi connectivity index (χ1n) is 6.98. The number of hydrogen-bond donors (Lipinski definition) is 2. The van der Waals surface area contributed by atoms with E-state index in [1.807, 2.05) is 30.5 Å². The Morgan fingerprint density at radius 3 is 2.86 bits per heavy atom. The number of rotatable bonds is 3. The third kappa shape index (κ3) is 3.68. The molecule has 21 heavy (non-hydrogen) atoms. The Kier molecular flexibility index (Phi) is 4.65. The molecule has 0 aliphatic carbocycles. The van der Waals surface area contributed by atoms with Gasteiger partial charge < -0.3 is 10.3 Å². The number of benzene rings is 1. The number of aromatic nitrogens is 2. The minimum atomic E-state index is -0.0450. The molecule has 3 rings (SSSR count). The van der Waals surface area contributed by atoms with E-state index in [4.69, 9.17) is 0 Å². The van der Waals surface area contributed by atoms with Crippen LogP contribution in [0.5, 0.6) is 0 Å². The molecule has 0 bridgehead atoms. The first kappa shape index (κ1) is 14.7. The molecule has 2 aromatic rings. The molecule has 2 heterocycles. The smallest absolute Gasteiger partial charge is 0.233 e. The molecule has 1 amide bonds. The number of carbonyl (C=O) groups is 1. The molecule has 6 heteroatoms. The molecule has 2 N–H and O–H groups in total. The van der Waals surface area contributed by atoms with Crippen LogP contribution in [0, 0.1) is 0 Å². The van der Waals surface area contributed by atoms with Crippen LogP contribution >= 0.6 is 27.7 Å². The van der Waals surface area contributed by atoms with Crippen LogP contribution in [0.4, 0.5) is 0 Å². The predicted octanol–water partition coefficient (Wildman–Crippen LogP) is 3.60. The van der Waals surface area contributed by atoms with Crippen LogP contribution < -0.4 is 5.32 Å². The van der Waals surface area contributed by atoms with Crippen molar-refractivity contribution < 1.29 is 4.79 Å². The number of hydrogen-bond acceptors (Lipinski definition) is 3. The first-order valence-corrected chi connectivity index (χ1v) is 8.65. The fraction of sp³-hybridized carbons (Fsp3) is 0.333. The molecule has 1 unspecified atom stereocenters. The zero-order valence-electron chi connectivity index (χ0n) is 11.4. The number of carbonyl (C=O) groups excluding carboxylic acids is 1. The molecule has 1 aromatic heterocycles. The Morgan fingerprint density at radius 1 is 1.24 bits per heavy atom. The van der Waals surface area contributed by atoms with Gasteiger partial charge in [0, 0.05) is 11.0 Å². The average Bonchev–Trinajstić information content (AvgIpc) is 2.85. The second kappa shape index (κ2) is 6.66. The predicted molar refractivity (Wildman–Crippen MR) is 88.2 cm³/mol. The summed E-state index contributed by atoms with van der Waals surface area (Å²) in [5.74, 6) is 0.124. The number of halogens is 1. The van der Waals surface area contributed by atoms with Gasteiger partial charge >= 0.3 is 0 Å². The normalized spacial score (nSPS) is 19.1. The summed E-state index contributed by atoms with van der Waals surface area (Å²) >= 11 is 4.95. The van der Waals surface area contributed by atoms with Gasteiger partial charge in [0.05, 0.1) is 17.1 Å². The Morgan fingerprint density at radius 2 is 2.05 bits per heavy atom. The fourth-order valence-corrected chi connectivity index (χ4v) is 3.59. The Bertz CT molecular complexity index is 626. The van der Waals surface area contributed by atoms with Crippen molar-refractivity contribution in [3.8, 4) is 11.3 Å². The third-order valence-electron chi connectivity index (χ3n) is 3.45. The van der Waals surface area contributed by atoms with Crippen LogP contribution in [-0.4, -0.2) is 27.7 Å². The summed E-state index contributed by atoms with van der Waals surface area (Å²) in [4.78, 5) is 19.6. The highest BCUT2D eigenvalue weighted by Crippen LogP contribution is 2.28. The van der Waals surface area contributed by atoms with Crippen molar-refractivity contribution in [2.45, 2.75) is 29.7 Å². The number of amides is 1. The quantitative estimate of drug-likeness (QED) is 0.873. The SMILES string of the molecule is O=C1NCCCCC1Sc1ncc(-c2ccc(Br)cc2)[nH]1. The summed E-state index contributed by atoms with van der Waals surface area (Å²) in [7, 11) is 0. The van der Waals surface area contributed by atoms with Crippen molar-refractivity contribution in [3.63, 3.8) is 0 Å². The van der Waals surface area contributed by atoms with Crippen molar-refractivity contribution in [3.05, 3.63) is 34.9 Å². The van der Waals surface area contributed by atoms with Crippen LogP contribution in [0.1, 0.15) is 19.3 Å². The van der Waals surface area contributed by atoms with Crippen LogP contribution in [0.15, 0.2) is 40.1 Å². The molecule has 1 atom stereocenters. The molecule has 1 aliphatic heterocycles. The van der Waals surface area contributed by atoms with Crippen LogP contribution in [-0.2, 0) is 4.79 Å². The van der Waals surface area contributed by atoms with E-state index in [-0.39, 0.29) is 11.2 Å². The summed E-state index contributed by atoms with van der Waals surface area (Å²) in [5, 5.41) is 3.71. The summed E-state index contributed by atoms with van der Waals surface area (Å²) in [5.41, 5.74) is 2.06. The zero-order chi connectivity index (χ0) is 14.7. The molecule has 110 valence electrons. The van der Waals surface area contributed by atoms with E-state index in [0.29, 0.717) is 0 Å². The molecule has 1 aromatic carbocycles. The molecule has 0 saturated carbocycles.